The molecule has 0 aromatic heterocycles. The molecule has 0 saturated heterocycles. The van der Waals surface area contributed by atoms with Gasteiger partial charge in [-0.2, -0.15) is 0 Å². The molecule has 2 aromatic rings. The maximum atomic E-state index is 11.9. The fraction of sp³-hybridized carbons (Fsp3) is 0.125. The van der Waals surface area contributed by atoms with Crippen LogP contribution >= 0.6 is 23.2 Å². The molecule has 3 amide bonds. The van der Waals surface area contributed by atoms with E-state index in [0.29, 0.717) is 22.8 Å². The lowest BCUT2D eigenvalue weighted by molar-refractivity contribution is 0.0963. The van der Waals surface area contributed by atoms with Crippen LogP contribution in [0.5, 0.6) is 0 Å². The zero-order valence-corrected chi connectivity index (χ0v) is 13.8. The second-order valence-electron chi connectivity index (χ2n) is 4.71. The summed E-state index contributed by atoms with van der Waals surface area (Å²) in [4.78, 5) is 23.4. The van der Waals surface area contributed by atoms with E-state index in [1.165, 1.54) is 13.1 Å². The molecule has 2 rings (SSSR count). The van der Waals surface area contributed by atoms with E-state index in [0.717, 1.165) is 5.56 Å². The minimum atomic E-state index is -0.394. The van der Waals surface area contributed by atoms with E-state index in [-0.39, 0.29) is 10.9 Å². The second-order valence-corrected chi connectivity index (χ2v) is 5.55. The van der Waals surface area contributed by atoms with Gasteiger partial charge in [0, 0.05) is 24.2 Å². The third-order valence-corrected chi connectivity index (χ3v) is 3.64. The molecule has 0 radical (unpaired) electrons. The monoisotopic (exact) mass is 351 g/mol. The third-order valence-electron chi connectivity index (χ3n) is 3.07. The molecular weight excluding hydrogens is 337 g/mol. The maximum Gasteiger partial charge on any atom is 0.319 e. The summed E-state index contributed by atoms with van der Waals surface area (Å²) in [5.74, 6) is -0.245. The van der Waals surface area contributed by atoms with Gasteiger partial charge in [0.2, 0.25) is 0 Å². The molecule has 0 unspecified atom stereocenters. The van der Waals surface area contributed by atoms with Crippen molar-refractivity contribution < 1.29 is 9.59 Å². The summed E-state index contributed by atoms with van der Waals surface area (Å²) >= 11 is 11.9. The average Bonchev–Trinajstić information content (AvgIpc) is 2.55. The summed E-state index contributed by atoms with van der Waals surface area (Å²) in [6, 6.07) is 11.4. The number of carbonyl (C=O) groups is 2. The Morgan fingerprint density at radius 1 is 1.04 bits per heavy atom. The van der Waals surface area contributed by atoms with E-state index in [9.17, 15) is 9.59 Å². The molecule has 0 aliphatic rings. The highest BCUT2D eigenvalue weighted by Gasteiger charge is 2.09. The molecule has 120 valence electrons. The van der Waals surface area contributed by atoms with Crippen LogP contribution in [0.2, 0.25) is 10.0 Å². The summed E-state index contributed by atoms with van der Waals surface area (Å²) in [6.07, 6.45) is 0. The topological polar surface area (TPSA) is 70.2 Å². The number of carbonyl (C=O) groups excluding carboxylic acids is 2. The lowest BCUT2D eigenvalue weighted by atomic mass is 10.2. The Labute approximate surface area is 144 Å². The van der Waals surface area contributed by atoms with Crippen LogP contribution < -0.4 is 16.0 Å². The Bertz CT molecular complexity index is 718. The van der Waals surface area contributed by atoms with Crippen LogP contribution in [0, 0.1) is 0 Å². The summed E-state index contributed by atoms with van der Waals surface area (Å²) in [6.45, 7) is 0.358. The number of hydrogen-bond donors (Lipinski definition) is 3. The van der Waals surface area contributed by atoms with E-state index in [4.69, 9.17) is 23.2 Å². The fourth-order valence-electron chi connectivity index (χ4n) is 1.85. The first-order valence-electron chi connectivity index (χ1n) is 6.80. The number of hydrogen-bond acceptors (Lipinski definition) is 2. The molecule has 0 spiro atoms. The number of nitrogens with one attached hydrogen (secondary N) is 3. The largest absolute Gasteiger partial charge is 0.355 e. The van der Waals surface area contributed by atoms with Gasteiger partial charge in [0.25, 0.3) is 5.91 Å². The van der Waals surface area contributed by atoms with Gasteiger partial charge in [0.1, 0.15) is 0 Å². The molecule has 0 bridgehead atoms. The van der Waals surface area contributed by atoms with Gasteiger partial charge in [-0.05, 0) is 35.9 Å². The molecule has 0 aliphatic carbocycles. The predicted molar refractivity (Wildman–Crippen MR) is 92.2 cm³/mol. The van der Waals surface area contributed by atoms with E-state index >= 15 is 0 Å². The Morgan fingerprint density at radius 2 is 1.74 bits per heavy atom. The SMILES string of the molecule is CNC(=O)c1ccc(NC(=O)NCc2ccc(Cl)cc2)c(Cl)c1. The first kappa shape index (κ1) is 17.1. The lowest BCUT2D eigenvalue weighted by Gasteiger charge is -2.10. The van der Waals surface area contributed by atoms with Gasteiger partial charge in [0.15, 0.2) is 0 Å². The summed E-state index contributed by atoms with van der Waals surface area (Å²) in [7, 11) is 1.53. The lowest BCUT2D eigenvalue weighted by Crippen LogP contribution is -2.28. The van der Waals surface area contributed by atoms with E-state index < -0.39 is 6.03 Å². The average molecular weight is 352 g/mol. The minimum absolute atomic E-state index is 0.245. The number of halogens is 2. The van der Waals surface area contributed by atoms with E-state index in [1.807, 2.05) is 12.1 Å². The van der Waals surface area contributed by atoms with Crippen molar-refractivity contribution in [3.05, 3.63) is 63.6 Å². The number of amides is 3. The zero-order valence-electron chi connectivity index (χ0n) is 12.3. The van der Waals surface area contributed by atoms with Gasteiger partial charge in [0.05, 0.1) is 10.7 Å². The number of benzene rings is 2. The Morgan fingerprint density at radius 3 is 2.35 bits per heavy atom. The molecule has 2 aromatic carbocycles. The van der Waals surface area contributed by atoms with E-state index in [2.05, 4.69) is 16.0 Å². The van der Waals surface area contributed by atoms with Crippen LogP contribution in [0.4, 0.5) is 10.5 Å². The fourth-order valence-corrected chi connectivity index (χ4v) is 2.21. The molecule has 3 N–H and O–H groups in total. The highest BCUT2D eigenvalue weighted by atomic mass is 35.5. The van der Waals surface area contributed by atoms with Gasteiger partial charge in [-0.25, -0.2) is 4.79 Å². The second kappa shape index (κ2) is 7.85. The Hall–Kier alpha value is -2.24. The van der Waals surface area contributed by atoms with Crippen molar-refractivity contribution >= 4 is 40.8 Å². The normalized spacial score (nSPS) is 10.0. The molecule has 5 nitrogen and oxygen atoms in total. The van der Waals surface area contributed by atoms with Gasteiger partial charge >= 0.3 is 6.03 Å². The zero-order chi connectivity index (χ0) is 16.8. The van der Waals surface area contributed by atoms with Crippen LogP contribution in [0.3, 0.4) is 0 Å². The number of anilines is 1. The molecular formula is C16H15Cl2N3O2. The molecule has 0 saturated carbocycles. The van der Waals surface area contributed by atoms with Gasteiger partial charge < -0.3 is 16.0 Å². The molecule has 7 heteroatoms. The summed E-state index contributed by atoms with van der Waals surface area (Å²) in [5, 5.41) is 8.78. The first-order valence-corrected chi connectivity index (χ1v) is 7.56. The van der Waals surface area contributed by atoms with Crippen molar-refractivity contribution in [2.75, 3.05) is 12.4 Å². The molecule has 0 atom stereocenters. The Kier molecular flexibility index (Phi) is 5.84. The summed E-state index contributed by atoms with van der Waals surface area (Å²) < 4.78 is 0. The van der Waals surface area contributed by atoms with E-state index in [1.54, 1.807) is 24.3 Å². The standard InChI is InChI=1S/C16H15Cl2N3O2/c1-19-15(22)11-4-7-14(13(18)8-11)21-16(23)20-9-10-2-5-12(17)6-3-10/h2-8H,9H2,1H3,(H,19,22)(H2,20,21,23). The van der Waals surface area contributed by atoms with Crippen molar-refractivity contribution in [1.82, 2.24) is 10.6 Å². The van der Waals surface area contributed by atoms with Crippen LogP contribution in [0.1, 0.15) is 15.9 Å². The third kappa shape index (κ3) is 4.87. The van der Waals surface area contributed by atoms with Crippen LogP contribution in [-0.4, -0.2) is 19.0 Å². The van der Waals surface area contributed by atoms with Gasteiger partial charge in [-0.1, -0.05) is 35.3 Å². The van der Waals surface area contributed by atoms with Crippen molar-refractivity contribution in [1.29, 1.82) is 0 Å². The van der Waals surface area contributed by atoms with Crippen molar-refractivity contribution in [2.24, 2.45) is 0 Å². The predicted octanol–water partition coefficient (Wildman–Crippen LogP) is 3.67. The van der Waals surface area contributed by atoms with Crippen molar-refractivity contribution in [2.45, 2.75) is 6.54 Å². The van der Waals surface area contributed by atoms with Gasteiger partial charge in [-0.15, -0.1) is 0 Å². The molecule has 23 heavy (non-hydrogen) atoms. The molecule has 0 fully saturated rings. The quantitative estimate of drug-likeness (QED) is 0.786. The van der Waals surface area contributed by atoms with Crippen molar-refractivity contribution in [3.8, 4) is 0 Å². The summed E-state index contributed by atoms with van der Waals surface area (Å²) in [5.41, 5.74) is 1.77. The minimum Gasteiger partial charge on any atom is -0.355 e. The highest BCUT2D eigenvalue weighted by molar-refractivity contribution is 6.34. The number of rotatable bonds is 4. The van der Waals surface area contributed by atoms with Crippen molar-refractivity contribution in [3.63, 3.8) is 0 Å². The van der Waals surface area contributed by atoms with Crippen LogP contribution in [-0.2, 0) is 6.54 Å². The highest BCUT2D eigenvalue weighted by Crippen LogP contribution is 2.23. The first-order chi connectivity index (χ1) is 11.0. The molecule has 0 heterocycles. The smallest absolute Gasteiger partial charge is 0.319 e. The maximum absolute atomic E-state index is 11.9. The van der Waals surface area contributed by atoms with Gasteiger partial charge in [-0.3, -0.25) is 4.79 Å². The number of urea groups is 1. The molecule has 0 aliphatic heterocycles. The Balaban J connectivity index is 1.94. The van der Waals surface area contributed by atoms with Crippen LogP contribution in [0.15, 0.2) is 42.5 Å². The van der Waals surface area contributed by atoms with Crippen LogP contribution in [0.25, 0.3) is 0 Å².